The van der Waals surface area contributed by atoms with Gasteiger partial charge in [0.2, 0.25) is 0 Å². The van der Waals surface area contributed by atoms with Gasteiger partial charge in [-0.2, -0.15) is 0 Å². The zero-order valence-electron chi connectivity index (χ0n) is 9.60. The molecule has 2 aromatic rings. The molecule has 1 fully saturated rings. The van der Waals surface area contributed by atoms with E-state index in [1.165, 1.54) is 17.4 Å². The summed E-state index contributed by atoms with van der Waals surface area (Å²) < 4.78 is 1.07. The molecule has 5 nitrogen and oxygen atoms in total. The van der Waals surface area contributed by atoms with Crippen LogP contribution in [0, 0.1) is 0 Å². The number of rotatable bonds is 1. The first-order chi connectivity index (χ1) is 9.13. The average Bonchev–Trinajstić information content (AvgIpc) is 2.76. The number of barbiturate groups is 1. The normalized spacial score (nSPS) is 15.4. The first kappa shape index (κ1) is 11.6. The highest BCUT2D eigenvalue weighted by Gasteiger charge is 2.27. The van der Waals surface area contributed by atoms with Gasteiger partial charge in [-0.1, -0.05) is 18.2 Å². The predicted molar refractivity (Wildman–Crippen MR) is 71.5 cm³/mol. The average molecular weight is 272 g/mol. The standard InChI is InChI=1S/C13H8N2O3S/c16-11-9(12(17)15-13(18)14-11)6-8-5-7-3-1-2-4-10(7)19-8/h1-6H,(H2,14,15,16,17,18). The van der Waals surface area contributed by atoms with Crippen molar-refractivity contribution in [3.63, 3.8) is 0 Å². The molecule has 1 aliphatic heterocycles. The third kappa shape index (κ3) is 2.13. The molecule has 19 heavy (non-hydrogen) atoms. The maximum Gasteiger partial charge on any atom is 0.328 e. The molecular weight excluding hydrogens is 264 g/mol. The molecule has 1 aromatic heterocycles. The molecule has 0 radical (unpaired) electrons. The Morgan fingerprint density at radius 3 is 2.37 bits per heavy atom. The molecule has 0 aliphatic carbocycles. The summed E-state index contributed by atoms with van der Waals surface area (Å²) in [7, 11) is 0. The third-order valence-electron chi connectivity index (χ3n) is 2.67. The fraction of sp³-hybridized carbons (Fsp3) is 0. The van der Waals surface area contributed by atoms with Crippen LogP contribution in [0.1, 0.15) is 4.88 Å². The lowest BCUT2D eigenvalue weighted by Crippen LogP contribution is -2.51. The number of carbonyl (C=O) groups excluding carboxylic acids is 3. The quantitative estimate of drug-likeness (QED) is 0.612. The van der Waals surface area contributed by atoms with Gasteiger partial charge >= 0.3 is 6.03 Å². The van der Waals surface area contributed by atoms with Gasteiger partial charge in [0.25, 0.3) is 11.8 Å². The van der Waals surface area contributed by atoms with Crippen molar-refractivity contribution in [3.05, 3.63) is 40.8 Å². The smallest absolute Gasteiger partial charge is 0.273 e. The molecule has 0 bridgehead atoms. The molecule has 0 saturated carbocycles. The highest BCUT2D eigenvalue weighted by Crippen LogP contribution is 2.27. The van der Waals surface area contributed by atoms with Crippen molar-refractivity contribution in [1.82, 2.24) is 10.6 Å². The molecule has 2 heterocycles. The fourth-order valence-electron chi connectivity index (χ4n) is 1.82. The van der Waals surface area contributed by atoms with E-state index in [0.29, 0.717) is 0 Å². The molecule has 0 atom stereocenters. The van der Waals surface area contributed by atoms with E-state index in [9.17, 15) is 14.4 Å². The fourth-order valence-corrected chi connectivity index (χ4v) is 2.83. The molecule has 3 rings (SSSR count). The lowest BCUT2D eigenvalue weighted by Gasteiger charge is -2.13. The van der Waals surface area contributed by atoms with E-state index in [-0.39, 0.29) is 5.57 Å². The first-order valence-corrected chi connectivity index (χ1v) is 6.32. The van der Waals surface area contributed by atoms with Gasteiger partial charge in [0, 0.05) is 9.58 Å². The summed E-state index contributed by atoms with van der Waals surface area (Å²) in [6.45, 7) is 0. The van der Waals surface area contributed by atoms with Crippen LogP contribution in [0.3, 0.4) is 0 Å². The van der Waals surface area contributed by atoms with E-state index in [2.05, 4.69) is 0 Å². The van der Waals surface area contributed by atoms with Gasteiger partial charge < -0.3 is 0 Å². The Bertz CT molecular complexity index is 690. The Morgan fingerprint density at radius 2 is 1.68 bits per heavy atom. The topological polar surface area (TPSA) is 75.3 Å². The summed E-state index contributed by atoms with van der Waals surface area (Å²) in [5, 5.41) is 5.13. The van der Waals surface area contributed by atoms with Crippen molar-refractivity contribution < 1.29 is 14.4 Å². The molecule has 0 unspecified atom stereocenters. The lowest BCUT2D eigenvalue weighted by molar-refractivity contribution is -0.123. The van der Waals surface area contributed by atoms with Gasteiger partial charge in [0.15, 0.2) is 0 Å². The number of carbonyl (C=O) groups is 3. The van der Waals surface area contributed by atoms with Crippen molar-refractivity contribution in [3.8, 4) is 0 Å². The maximum atomic E-state index is 11.6. The van der Waals surface area contributed by atoms with Crippen LogP contribution in [-0.4, -0.2) is 17.8 Å². The van der Waals surface area contributed by atoms with E-state index in [0.717, 1.165) is 15.0 Å². The second-order valence-corrected chi connectivity index (χ2v) is 5.10. The maximum absolute atomic E-state index is 11.6. The first-order valence-electron chi connectivity index (χ1n) is 5.50. The van der Waals surface area contributed by atoms with E-state index in [4.69, 9.17) is 0 Å². The van der Waals surface area contributed by atoms with Crippen LogP contribution in [0.2, 0.25) is 0 Å². The Morgan fingerprint density at radius 1 is 1.00 bits per heavy atom. The van der Waals surface area contributed by atoms with Gasteiger partial charge in [-0.3, -0.25) is 20.2 Å². The lowest BCUT2D eigenvalue weighted by atomic mass is 10.1. The Labute approximate surface area is 111 Å². The van der Waals surface area contributed by atoms with Crippen LogP contribution in [-0.2, 0) is 9.59 Å². The van der Waals surface area contributed by atoms with E-state index < -0.39 is 17.8 Å². The minimum atomic E-state index is -0.788. The third-order valence-corrected chi connectivity index (χ3v) is 3.74. The Balaban J connectivity index is 2.02. The summed E-state index contributed by atoms with van der Waals surface area (Å²) in [6, 6.07) is 8.87. The summed E-state index contributed by atoms with van der Waals surface area (Å²) in [5.74, 6) is -1.35. The molecule has 1 aliphatic rings. The molecule has 1 aromatic carbocycles. The van der Waals surface area contributed by atoms with Crippen LogP contribution >= 0.6 is 11.3 Å². The monoisotopic (exact) mass is 272 g/mol. The SMILES string of the molecule is O=C1NC(=O)C(=Cc2cc3ccccc3s2)C(=O)N1. The predicted octanol–water partition coefficient (Wildman–Crippen LogP) is 1.65. The van der Waals surface area contributed by atoms with E-state index >= 15 is 0 Å². The van der Waals surface area contributed by atoms with Gasteiger partial charge in [0.1, 0.15) is 5.57 Å². The Kier molecular flexibility index (Phi) is 2.64. The summed E-state index contributed by atoms with van der Waals surface area (Å²) in [6.07, 6.45) is 1.49. The molecule has 4 amide bonds. The highest BCUT2D eigenvalue weighted by atomic mass is 32.1. The van der Waals surface area contributed by atoms with Crippen LogP contribution in [0.4, 0.5) is 4.79 Å². The number of benzene rings is 1. The number of hydrogen-bond donors (Lipinski definition) is 2. The van der Waals surface area contributed by atoms with Gasteiger partial charge in [-0.15, -0.1) is 11.3 Å². The summed E-state index contributed by atoms with van der Waals surface area (Å²) in [5.41, 5.74) is -0.0637. The van der Waals surface area contributed by atoms with Crippen molar-refractivity contribution >= 4 is 45.3 Å². The number of thiophene rings is 1. The number of nitrogens with one attached hydrogen (secondary N) is 2. The second kappa shape index (κ2) is 4.33. The van der Waals surface area contributed by atoms with Crippen LogP contribution in [0.5, 0.6) is 0 Å². The van der Waals surface area contributed by atoms with Gasteiger partial charge in [0.05, 0.1) is 0 Å². The molecule has 1 saturated heterocycles. The van der Waals surface area contributed by atoms with Crippen LogP contribution < -0.4 is 10.6 Å². The minimum Gasteiger partial charge on any atom is -0.273 e. The molecule has 0 spiro atoms. The molecule has 94 valence electrons. The van der Waals surface area contributed by atoms with Crippen molar-refractivity contribution in [2.24, 2.45) is 0 Å². The second-order valence-electron chi connectivity index (χ2n) is 3.98. The van der Waals surface area contributed by atoms with E-state index in [1.54, 1.807) is 0 Å². The van der Waals surface area contributed by atoms with Crippen LogP contribution in [0.15, 0.2) is 35.9 Å². The number of urea groups is 1. The van der Waals surface area contributed by atoms with Gasteiger partial charge in [-0.05, 0) is 23.6 Å². The molecule has 2 N–H and O–H groups in total. The van der Waals surface area contributed by atoms with Gasteiger partial charge in [-0.25, -0.2) is 4.79 Å². The van der Waals surface area contributed by atoms with Crippen molar-refractivity contribution in [2.45, 2.75) is 0 Å². The molecular formula is C13H8N2O3S. The van der Waals surface area contributed by atoms with Crippen molar-refractivity contribution in [1.29, 1.82) is 0 Å². The number of amides is 4. The Hall–Kier alpha value is -2.47. The minimum absolute atomic E-state index is 0.0637. The number of fused-ring (bicyclic) bond motifs is 1. The molecule has 6 heteroatoms. The van der Waals surface area contributed by atoms with E-state index in [1.807, 2.05) is 41.0 Å². The summed E-state index contributed by atoms with van der Waals surface area (Å²) >= 11 is 1.47. The van der Waals surface area contributed by atoms with Crippen LogP contribution in [0.25, 0.3) is 16.2 Å². The number of imide groups is 2. The zero-order valence-corrected chi connectivity index (χ0v) is 10.4. The zero-order chi connectivity index (χ0) is 13.4. The highest BCUT2D eigenvalue weighted by molar-refractivity contribution is 7.19. The largest absolute Gasteiger partial charge is 0.328 e. The van der Waals surface area contributed by atoms with Crippen molar-refractivity contribution in [2.75, 3.05) is 0 Å². The summed E-state index contributed by atoms with van der Waals surface area (Å²) in [4.78, 5) is 34.9. The number of hydrogen-bond acceptors (Lipinski definition) is 4.